The molecule has 4 heteroatoms. The first-order valence-electron chi connectivity index (χ1n) is 6.93. The molecule has 0 fully saturated rings. The zero-order valence-electron chi connectivity index (χ0n) is 13.0. The van der Waals surface area contributed by atoms with E-state index < -0.39 is 6.04 Å². The lowest BCUT2D eigenvalue weighted by Crippen LogP contribution is -2.42. The van der Waals surface area contributed by atoms with Gasteiger partial charge in [0.15, 0.2) is 0 Å². The maximum Gasteiger partial charge on any atom is 0.326 e. The van der Waals surface area contributed by atoms with E-state index in [0.717, 1.165) is 5.75 Å². The van der Waals surface area contributed by atoms with Crippen LogP contribution in [0.5, 0.6) is 5.75 Å². The van der Waals surface area contributed by atoms with Crippen LogP contribution in [0.3, 0.4) is 0 Å². The summed E-state index contributed by atoms with van der Waals surface area (Å²) < 4.78 is 10.4. The second kappa shape index (κ2) is 7.29. The number of esters is 1. The molecular formula is C16H25NO3. The SMILES string of the molecule is CCNC(COc1ccc(C(C)(C)C)cc1)C(=O)OC. The molecular weight excluding hydrogens is 254 g/mol. The third-order valence-electron chi connectivity index (χ3n) is 3.07. The van der Waals surface area contributed by atoms with Gasteiger partial charge in [0.1, 0.15) is 18.4 Å². The quantitative estimate of drug-likeness (QED) is 0.813. The fourth-order valence-corrected chi connectivity index (χ4v) is 1.83. The van der Waals surface area contributed by atoms with Crippen molar-refractivity contribution in [2.45, 2.75) is 39.2 Å². The average molecular weight is 279 g/mol. The van der Waals surface area contributed by atoms with Gasteiger partial charge in [-0.2, -0.15) is 0 Å². The van der Waals surface area contributed by atoms with Gasteiger partial charge in [-0.3, -0.25) is 4.79 Å². The number of carbonyl (C=O) groups excluding carboxylic acids is 1. The Morgan fingerprint density at radius 2 is 1.85 bits per heavy atom. The summed E-state index contributed by atoms with van der Waals surface area (Å²) in [6.45, 7) is 9.39. The van der Waals surface area contributed by atoms with E-state index in [1.165, 1.54) is 12.7 Å². The van der Waals surface area contributed by atoms with Gasteiger partial charge in [0, 0.05) is 0 Å². The Morgan fingerprint density at radius 3 is 2.30 bits per heavy atom. The van der Waals surface area contributed by atoms with E-state index in [1.54, 1.807) is 0 Å². The van der Waals surface area contributed by atoms with E-state index in [-0.39, 0.29) is 18.0 Å². The van der Waals surface area contributed by atoms with Crippen molar-refractivity contribution in [3.63, 3.8) is 0 Å². The Bertz CT molecular complexity index is 420. The van der Waals surface area contributed by atoms with Gasteiger partial charge in [-0.15, -0.1) is 0 Å². The van der Waals surface area contributed by atoms with Crippen molar-refractivity contribution in [2.24, 2.45) is 0 Å². The van der Waals surface area contributed by atoms with Crippen molar-refractivity contribution in [3.8, 4) is 5.75 Å². The molecule has 1 aromatic carbocycles. The van der Waals surface area contributed by atoms with Crippen LogP contribution in [0.4, 0.5) is 0 Å². The Labute approximate surface area is 121 Å². The van der Waals surface area contributed by atoms with Crippen LogP contribution in [0.2, 0.25) is 0 Å². The van der Waals surface area contributed by atoms with Gasteiger partial charge in [0.25, 0.3) is 0 Å². The van der Waals surface area contributed by atoms with E-state index in [1.807, 2.05) is 19.1 Å². The molecule has 1 rings (SSSR count). The van der Waals surface area contributed by atoms with Gasteiger partial charge in [-0.25, -0.2) is 0 Å². The summed E-state index contributed by atoms with van der Waals surface area (Å²) in [4.78, 5) is 11.5. The molecule has 0 bridgehead atoms. The minimum Gasteiger partial charge on any atom is -0.491 e. The minimum absolute atomic E-state index is 0.122. The van der Waals surface area contributed by atoms with Gasteiger partial charge in [0.05, 0.1) is 7.11 Å². The Balaban J connectivity index is 2.62. The molecule has 1 atom stereocenters. The summed E-state index contributed by atoms with van der Waals surface area (Å²) in [5.41, 5.74) is 1.37. The largest absolute Gasteiger partial charge is 0.491 e. The van der Waals surface area contributed by atoms with Crippen molar-refractivity contribution in [1.29, 1.82) is 0 Å². The topological polar surface area (TPSA) is 47.6 Å². The van der Waals surface area contributed by atoms with Crippen LogP contribution in [-0.4, -0.2) is 32.3 Å². The predicted molar refractivity (Wildman–Crippen MR) is 80.1 cm³/mol. The number of benzene rings is 1. The second-order valence-corrected chi connectivity index (χ2v) is 5.72. The molecule has 1 unspecified atom stereocenters. The van der Waals surface area contributed by atoms with Gasteiger partial charge < -0.3 is 14.8 Å². The summed E-state index contributed by atoms with van der Waals surface area (Å²) >= 11 is 0. The van der Waals surface area contributed by atoms with Crippen LogP contribution in [0.15, 0.2) is 24.3 Å². The highest BCUT2D eigenvalue weighted by Gasteiger charge is 2.19. The monoisotopic (exact) mass is 279 g/mol. The first kappa shape index (κ1) is 16.5. The van der Waals surface area contributed by atoms with Crippen molar-refractivity contribution in [3.05, 3.63) is 29.8 Å². The van der Waals surface area contributed by atoms with Gasteiger partial charge >= 0.3 is 5.97 Å². The molecule has 0 aromatic heterocycles. The Kier molecular flexibility index (Phi) is 6.02. The first-order chi connectivity index (χ1) is 9.38. The molecule has 20 heavy (non-hydrogen) atoms. The van der Waals surface area contributed by atoms with Crippen LogP contribution in [0.25, 0.3) is 0 Å². The average Bonchev–Trinajstić information content (AvgIpc) is 2.42. The van der Waals surface area contributed by atoms with E-state index in [2.05, 4.69) is 38.2 Å². The summed E-state index contributed by atoms with van der Waals surface area (Å²) in [6.07, 6.45) is 0. The number of carbonyl (C=O) groups is 1. The maximum absolute atomic E-state index is 11.5. The molecule has 112 valence electrons. The normalized spacial score (nSPS) is 12.8. The van der Waals surface area contributed by atoms with Crippen molar-refractivity contribution >= 4 is 5.97 Å². The van der Waals surface area contributed by atoms with Crippen molar-refractivity contribution in [2.75, 3.05) is 20.3 Å². The van der Waals surface area contributed by atoms with E-state index in [0.29, 0.717) is 6.54 Å². The third kappa shape index (κ3) is 4.85. The maximum atomic E-state index is 11.5. The summed E-state index contributed by atoms with van der Waals surface area (Å²) in [6, 6.07) is 7.53. The summed E-state index contributed by atoms with van der Waals surface area (Å²) in [5, 5.41) is 3.04. The highest BCUT2D eigenvalue weighted by Crippen LogP contribution is 2.24. The zero-order chi connectivity index (χ0) is 15.2. The summed E-state index contributed by atoms with van der Waals surface area (Å²) in [7, 11) is 1.38. The molecule has 0 amide bonds. The van der Waals surface area contributed by atoms with Gasteiger partial charge in [-0.1, -0.05) is 39.8 Å². The van der Waals surface area contributed by atoms with Crippen LogP contribution in [-0.2, 0) is 14.9 Å². The zero-order valence-corrected chi connectivity index (χ0v) is 13.0. The van der Waals surface area contributed by atoms with E-state index in [4.69, 9.17) is 9.47 Å². The van der Waals surface area contributed by atoms with E-state index in [9.17, 15) is 4.79 Å². The molecule has 0 heterocycles. The van der Waals surface area contributed by atoms with Crippen molar-refractivity contribution in [1.82, 2.24) is 5.32 Å². The molecule has 4 nitrogen and oxygen atoms in total. The fourth-order valence-electron chi connectivity index (χ4n) is 1.83. The minimum atomic E-state index is -0.438. The Hall–Kier alpha value is -1.55. The molecule has 0 radical (unpaired) electrons. The Morgan fingerprint density at radius 1 is 1.25 bits per heavy atom. The smallest absolute Gasteiger partial charge is 0.326 e. The van der Waals surface area contributed by atoms with Crippen LogP contribution in [0.1, 0.15) is 33.3 Å². The molecule has 0 aliphatic carbocycles. The van der Waals surface area contributed by atoms with Crippen molar-refractivity contribution < 1.29 is 14.3 Å². The molecule has 0 spiro atoms. The van der Waals surface area contributed by atoms with Gasteiger partial charge in [-0.05, 0) is 29.7 Å². The second-order valence-electron chi connectivity index (χ2n) is 5.72. The summed E-state index contributed by atoms with van der Waals surface area (Å²) in [5.74, 6) is 0.447. The lowest BCUT2D eigenvalue weighted by Gasteiger charge is -2.20. The van der Waals surface area contributed by atoms with Gasteiger partial charge in [0.2, 0.25) is 0 Å². The molecule has 1 N–H and O–H groups in total. The number of likely N-dealkylation sites (N-methyl/N-ethyl adjacent to an activating group) is 1. The fraction of sp³-hybridized carbons (Fsp3) is 0.562. The van der Waals surface area contributed by atoms with Crippen LogP contribution >= 0.6 is 0 Å². The predicted octanol–water partition coefficient (Wildman–Crippen LogP) is 2.51. The highest BCUT2D eigenvalue weighted by molar-refractivity contribution is 5.75. The number of rotatable bonds is 6. The number of nitrogens with one attached hydrogen (secondary N) is 1. The number of ether oxygens (including phenoxy) is 2. The molecule has 0 saturated heterocycles. The van der Waals surface area contributed by atoms with Crippen LogP contribution < -0.4 is 10.1 Å². The van der Waals surface area contributed by atoms with Crippen LogP contribution in [0, 0.1) is 0 Å². The lowest BCUT2D eigenvalue weighted by molar-refractivity contribution is -0.143. The number of hydrogen-bond acceptors (Lipinski definition) is 4. The molecule has 1 aromatic rings. The number of methoxy groups -OCH3 is 1. The lowest BCUT2D eigenvalue weighted by atomic mass is 9.87. The highest BCUT2D eigenvalue weighted by atomic mass is 16.5. The molecule has 0 saturated carbocycles. The third-order valence-corrected chi connectivity index (χ3v) is 3.07. The molecule has 0 aliphatic rings. The van der Waals surface area contributed by atoms with E-state index >= 15 is 0 Å². The number of hydrogen-bond donors (Lipinski definition) is 1. The first-order valence-corrected chi connectivity index (χ1v) is 6.93. The molecule has 0 aliphatic heterocycles. The standard InChI is InChI=1S/C16H25NO3/c1-6-17-14(15(18)19-5)11-20-13-9-7-12(8-10-13)16(2,3)4/h7-10,14,17H,6,11H2,1-5H3.